The molecule has 16 heavy (non-hydrogen) atoms. The summed E-state index contributed by atoms with van der Waals surface area (Å²) in [6.07, 6.45) is 0. The highest BCUT2D eigenvalue weighted by Gasteiger charge is 2.19. The van der Waals surface area contributed by atoms with Crippen LogP contribution in [0.3, 0.4) is 0 Å². The fourth-order valence-corrected chi connectivity index (χ4v) is 3.97. The molecule has 6 heteroatoms. The van der Waals surface area contributed by atoms with Gasteiger partial charge in [0.2, 0.25) is 10.0 Å². The van der Waals surface area contributed by atoms with Crippen LogP contribution in [0.5, 0.6) is 0 Å². The lowest BCUT2D eigenvalue weighted by atomic mass is 10.2. The van der Waals surface area contributed by atoms with Gasteiger partial charge < -0.3 is 5.73 Å². The SMILES string of the molecule is Cc1sc(CN)cc1S(=O)(=O)NCC(C)C. The van der Waals surface area contributed by atoms with Crippen LogP contribution in [0.4, 0.5) is 0 Å². The minimum absolute atomic E-state index is 0.294. The van der Waals surface area contributed by atoms with E-state index in [-0.39, 0.29) is 0 Å². The summed E-state index contributed by atoms with van der Waals surface area (Å²) in [4.78, 5) is 2.04. The number of nitrogens with two attached hydrogens (primary N) is 1. The zero-order valence-electron chi connectivity index (χ0n) is 9.78. The van der Waals surface area contributed by atoms with Gasteiger partial charge in [0.25, 0.3) is 0 Å². The molecule has 0 aromatic carbocycles. The van der Waals surface area contributed by atoms with E-state index in [1.165, 1.54) is 11.3 Å². The van der Waals surface area contributed by atoms with Crippen LogP contribution < -0.4 is 10.5 Å². The van der Waals surface area contributed by atoms with E-state index in [1.54, 1.807) is 13.0 Å². The molecule has 0 fully saturated rings. The molecule has 0 amide bonds. The summed E-state index contributed by atoms with van der Waals surface area (Å²) in [6, 6.07) is 1.66. The predicted octanol–water partition coefficient (Wildman–Crippen LogP) is 1.45. The van der Waals surface area contributed by atoms with Crippen LogP contribution in [-0.4, -0.2) is 15.0 Å². The Labute approximate surface area is 101 Å². The van der Waals surface area contributed by atoms with Crippen LogP contribution in [0.1, 0.15) is 23.6 Å². The summed E-state index contributed by atoms with van der Waals surface area (Å²) < 4.78 is 26.5. The third kappa shape index (κ3) is 3.28. The fraction of sp³-hybridized carbons (Fsp3) is 0.600. The quantitative estimate of drug-likeness (QED) is 0.843. The third-order valence-electron chi connectivity index (χ3n) is 2.10. The Hall–Kier alpha value is -0.430. The first-order valence-electron chi connectivity index (χ1n) is 5.16. The van der Waals surface area contributed by atoms with Crippen LogP contribution in [-0.2, 0) is 16.6 Å². The van der Waals surface area contributed by atoms with Crippen molar-refractivity contribution in [2.45, 2.75) is 32.2 Å². The molecule has 0 saturated carbocycles. The van der Waals surface area contributed by atoms with E-state index in [2.05, 4.69) is 4.72 Å². The lowest BCUT2D eigenvalue weighted by Crippen LogP contribution is -2.27. The second-order valence-electron chi connectivity index (χ2n) is 4.08. The molecule has 1 aromatic heterocycles. The van der Waals surface area contributed by atoms with Gasteiger partial charge >= 0.3 is 0 Å². The van der Waals surface area contributed by atoms with E-state index in [1.807, 2.05) is 13.8 Å². The van der Waals surface area contributed by atoms with Crippen LogP contribution >= 0.6 is 11.3 Å². The zero-order chi connectivity index (χ0) is 12.3. The number of thiophene rings is 1. The number of aryl methyl sites for hydroxylation is 1. The average molecular weight is 262 g/mol. The van der Waals surface area contributed by atoms with Crippen molar-refractivity contribution in [1.82, 2.24) is 4.72 Å². The molecular weight excluding hydrogens is 244 g/mol. The molecule has 0 aliphatic heterocycles. The summed E-state index contributed by atoms with van der Waals surface area (Å²) in [5.41, 5.74) is 5.49. The lowest BCUT2D eigenvalue weighted by molar-refractivity contribution is 0.560. The smallest absolute Gasteiger partial charge is 0.241 e. The Morgan fingerprint density at radius 3 is 2.56 bits per heavy atom. The molecule has 0 bridgehead atoms. The minimum atomic E-state index is -3.37. The lowest BCUT2D eigenvalue weighted by Gasteiger charge is -2.07. The van der Waals surface area contributed by atoms with Crippen molar-refractivity contribution in [2.24, 2.45) is 11.7 Å². The van der Waals surface area contributed by atoms with Gasteiger partial charge in [-0.2, -0.15) is 0 Å². The standard InChI is InChI=1S/C10H18N2O2S2/c1-7(2)6-12-16(13,14)10-4-9(5-11)15-8(10)3/h4,7,12H,5-6,11H2,1-3H3. The van der Waals surface area contributed by atoms with Gasteiger partial charge in [-0.05, 0) is 18.9 Å². The maximum absolute atomic E-state index is 11.9. The number of hydrogen-bond donors (Lipinski definition) is 2. The second kappa shape index (κ2) is 5.27. The van der Waals surface area contributed by atoms with Crippen LogP contribution in [0.2, 0.25) is 0 Å². The van der Waals surface area contributed by atoms with Crippen molar-refractivity contribution < 1.29 is 8.42 Å². The molecule has 0 aliphatic carbocycles. The molecule has 0 unspecified atom stereocenters. The van der Waals surface area contributed by atoms with E-state index in [9.17, 15) is 8.42 Å². The molecule has 92 valence electrons. The number of nitrogens with one attached hydrogen (secondary N) is 1. The van der Waals surface area contributed by atoms with Crippen molar-refractivity contribution in [1.29, 1.82) is 0 Å². The Morgan fingerprint density at radius 2 is 2.12 bits per heavy atom. The van der Waals surface area contributed by atoms with E-state index >= 15 is 0 Å². The third-order valence-corrected chi connectivity index (χ3v) is 4.85. The maximum Gasteiger partial charge on any atom is 0.241 e. The highest BCUT2D eigenvalue weighted by atomic mass is 32.2. The molecular formula is C10H18N2O2S2. The highest BCUT2D eigenvalue weighted by Crippen LogP contribution is 2.25. The van der Waals surface area contributed by atoms with E-state index in [4.69, 9.17) is 5.73 Å². The molecule has 1 aromatic rings. The van der Waals surface area contributed by atoms with E-state index < -0.39 is 10.0 Å². The van der Waals surface area contributed by atoms with Gasteiger partial charge in [0.05, 0.1) is 4.90 Å². The largest absolute Gasteiger partial charge is 0.326 e. The van der Waals surface area contributed by atoms with Crippen LogP contribution in [0.25, 0.3) is 0 Å². The number of sulfonamides is 1. The molecule has 4 nitrogen and oxygen atoms in total. The van der Waals surface area contributed by atoms with Crippen molar-refractivity contribution in [3.05, 3.63) is 15.8 Å². The van der Waals surface area contributed by atoms with E-state index in [0.717, 1.165) is 9.75 Å². The van der Waals surface area contributed by atoms with Gasteiger partial charge in [-0.25, -0.2) is 13.1 Å². The molecule has 3 N–H and O–H groups in total. The Kier molecular flexibility index (Phi) is 4.49. The predicted molar refractivity (Wildman–Crippen MR) is 67.0 cm³/mol. The van der Waals surface area contributed by atoms with Gasteiger partial charge in [0.15, 0.2) is 0 Å². The van der Waals surface area contributed by atoms with E-state index in [0.29, 0.717) is 23.9 Å². The average Bonchev–Trinajstić information content (AvgIpc) is 2.57. The van der Waals surface area contributed by atoms with Gasteiger partial charge in [-0.15, -0.1) is 11.3 Å². The molecule has 1 heterocycles. The zero-order valence-corrected chi connectivity index (χ0v) is 11.4. The van der Waals surface area contributed by atoms with Gasteiger partial charge in [0, 0.05) is 22.8 Å². The van der Waals surface area contributed by atoms with Crippen molar-refractivity contribution in [3.63, 3.8) is 0 Å². The van der Waals surface area contributed by atoms with Crippen molar-refractivity contribution in [3.8, 4) is 0 Å². The first kappa shape index (κ1) is 13.6. The maximum atomic E-state index is 11.9. The van der Waals surface area contributed by atoms with Crippen molar-refractivity contribution in [2.75, 3.05) is 6.54 Å². The molecule has 0 radical (unpaired) electrons. The van der Waals surface area contributed by atoms with Gasteiger partial charge in [0.1, 0.15) is 0 Å². The first-order valence-corrected chi connectivity index (χ1v) is 7.46. The Bertz CT molecular complexity index is 449. The number of rotatable bonds is 5. The van der Waals surface area contributed by atoms with Crippen molar-refractivity contribution >= 4 is 21.4 Å². The molecule has 0 aliphatic rings. The summed E-state index contributed by atoms with van der Waals surface area (Å²) in [6.45, 7) is 6.57. The summed E-state index contributed by atoms with van der Waals surface area (Å²) in [5, 5.41) is 0. The minimum Gasteiger partial charge on any atom is -0.326 e. The van der Waals surface area contributed by atoms with Gasteiger partial charge in [-0.3, -0.25) is 0 Å². The highest BCUT2D eigenvalue weighted by molar-refractivity contribution is 7.89. The summed E-state index contributed by atoms with van der Waals surface area (Å²) in [5.74, 6) is 0.294. The Balaban J connectivity index is 2.93. The molecule has 0 spiro atoms. The van der Waals surface area contributed by atoms with Crippen LogP contribution in [0.15, 0.2) is 11.0 Å². The summed E-state index contributed by atoms with van der Waals surface area (Å²) >= 11 is 1.43. The normalized spacial score (nSPS) is 12.3. The second-order valence-corrected chi connectivity index (χ2v) is 7.16. The molecule has 0 atom stereocenters. The van der Waals surface area contributed by atoms with Crippen LogP contribution in [0, 0.1) is 12.8 Å². The number of hydrogen-bond acceptors (Lipinski definition) is 4. The molecule has 1 rings (SSSR count). The fourth-order valence-electron chi connectivity index (χ4n) is 1.25. The Morgan fingerprint density at radius 1 is 1.50 bits per heavy atom. The van der Waals surface area contributed by atoms with Gasteiger partial charge in [-0.1, -0.05) is 13.8 Å². The molecule has 0 saturated heterocycles. The first-order chi connectivity index (χ1) is 7.36. The monoisotopic (exact) mass is 262 g/mol. The topological polar surface area (TPSA) is 72.2 Å². The summed E-state index contributed by atoms with van der Waals surface area (Å²) in [7, 11) is -3.37.